The van der Waals surface area contributed by atoms with Gasteiger partial charge in [0.25, 0.3) is 5.56 Å². The first-order valence-corrected chi connectivity index (χ1v) is 8.54. The summed E-state index contributed by atoms with van der Waals surface area (Å²) < 4.78 is 3.74. The fraction of sp³-hybridized carbons (Fsp3) is 0.333. The lowest BCUT2D eigenvalue weighted by molar-refractivity contribution is -0.121. The van der Waals surface area contributed by atoms with Crippen molar-refractivity contribution in [3.63, 3.8) is 0 Å². The molecule has 0 radical (unpaired) electrons. The Kier molecular flexibility index (Phi) is 5.11. The molecule has 3 rings (SSSR count). The van der Waals surface area contributed by atoms with Crippen LogP contribution in [0.15, 0.2) is 46.2 Å². The third-order valence-electron chi connectivity index (χ3n) is 4.47. The highest BCUT2D eigenvalue weighted by atomic mass is 16.2. The van der Waals surface area contributed by atoms with Gasteiger partial charge in [-0.15, -0.1) is 0 Å². The van der Waals surface area contributed by atoms with Crippen LogP contribution in [0.1, 0.15) is 0 Å². The molecule has 1 N–H and O–H groups in total. The van der Waals surface area contributed by atoms with Gasteiger partial charge in [-0.1, -0.05) is 18.2 Å². The number of carbonyl (C=O) groups is 1. The van der Waals surface area contributed by atoms with Crippen molar-refractivity contribution in [2.24, 2.45) is 14.1 Å². The number of hydrogen-bond donors (Lipinski definition) is 1. The summed E-state index contributed by atoms with van der Waals surface area (Å²) in [7, 11) is 5.13. The molecular weight excluding hydrogens is 348 g/mol. The topological polar surface area (TPSA) is 94.2 Å². The predicted octanol–water partition coefficient (Wildman–Crippen LogP) is -0.314. The maximum absolute atomic E-state index is 12.6. The standard InChI is InChI=1S/C18H22N6O3/c1-21(13-7-5-4-6-8-13)10-9-19-14(25)11-24-17(26)15-16(20-12-22(15)2)23(3)18(24)27/h4-8,12H,9-11H2,1-3H3,(H,19,25). The number of nitrogens with zero attached hydrogens (tertiary/aromatic N) is 5. The molecule has 0 atom stereocenters. The van der Waals surface area contributed by atoms with Crippen LogP contribution in [0.25, 0.3) is 11.2 Å². The zero-order chi connectivity index (χ0) is 19.6. The Bertz CT molecular complexity index is 1080. The predicted molar refractivity (Wildman–Crippen MR) is 103 cm³/mol. The fourth-order valence-electron chi connectivity index (χ4n) is 2.91. The molecule has 142 valence electrons. The van der Waals surface area contributed by atoms with Crippen molar-refractivity contribution in [2.45, 2.75) is 6.54 Å². The zero-order valence-electron chi connectivity index (χ0n) is 15.5. The molecule has 0 fully saturated rings. The molecule has 0 saturated heterocycles. The quantitative estimate of drug-likeness (QED) is 0.642. The highest BCUT2D eigenvalue weighted by molar-refractivity contribution is 5.76. The summed E-state index contributed by atoms with van der Waals surface area (Å²) in [5.74, 6) is -0.391. The maximum atomic E-state index is 12.6. The lowest BCUT2D eigenvalue weighted by atomic mass is 10.3. The number of aromatic nitrogens is 4. The Morgan fingerprint density at radius 2 is 1.89 bits per heavy atom. The number of fused-ring (bicyclic) bond motifs is 1. The normalized spacial score (nSPS) is 10.9. The van der Waals surface area contributed by atoms with Gasteiger partial charge in [-0.25, -0.2) is 14.3 Å². The average molecular weight is 370 g/mol. The Morgan fingerprint density at radius 1 is 1.19 bits per heavy atom. The number of anilines is 1. The number of amides is 1. The number of nitrogens with one attached hydrogen (secondary N) is 1. The van der Waals surface area contributed by atoms with E-state index in [1.165, 1.54) is 17.9 Å². The van der Waals surface area contributed by atoms with Gasteiger partial charge in [0.1, 0.15) is 6.54 Å². The number of para-hydroxylation sites is 1. The summed E-state index contributed by atoms with van der Waals surface area (Å²) in [5.41, 5.74) is 0.535. The van der Waals surface area contributed by atoms with Gasteiger partial charge in [-0.3, -0.25) is 14.2 Å². The van der Waals surface area contributed by atoms with Gasteiger partial charge in [-0.05, 0) is 12.1 Å². The molecular formula is C18H22N6O3. The minimum absolute atomic E-state index is 0.286. The van der Waals surface area contributed by atoms with Gasteiger partial charge < -0.3 is 14.8 Å². The van der Waals surface area contributed by atoms with Gasteiger partial charge in [0.05, 0.1) is 6.33 Å². The Morgan fingerprint density at radius 3 is 2.59 bits per heavy atom. The summed E-state index contributed by atoms with van der Waals surface area (Å²) in [6.45, 7) is 0.665. The summed E-state index contributed by atoms with van der Waals surface area (Å²) >= 11 is 0. The van der Waals surface area contributed by atoms with Crippen molar-refractivity contribution in [3.05, 3.63) is 57.5 Å². The molecule has 0 aliphatic heterocycles. The minimum Gasteiger partial charge on any atom is -0.373 e. The molecule has 3 aromatic rings. The molecule has 0 spiro atoms. The van der Waals surface area contributed by atoms with Crippen LogP contribution in [0.4, 0.5) is 5.69 Å². The van der Waals surface area contributed by atoms with Crippen molar-refractivity contribution in [1.82, 2.24) is 24.0 Å². The van der Waals surface area contributed by atoms with E-state index < -0.39 is 17.2 Å². The van der Waals surface area contributed by atoms with Crippen LogP contribution in [-0.2, 0) is 25.4 Å². The van der Waals surface area contributed by atoms with Crippen molar-refractivity contribution >= 4 is 22.8 Å². The van der Waals surface area contributed by atoms with Crippen molar-refractivity contribution < 1.29 is 4.79 Å². The average Bonchev–Trinajstić information content (AvgIpc) is 3.06. The molecule has 2 aromatic heterocycles. The highest BCUT2D eigenvalue weighted by Crippen LogP contribution is 2.09. The molecule has 9 nitrogen and oxygen atoms in total. The third-order valence-corrected chi connectivity index (χ3v) is 4.47. The molecule has 0 aliphatic carbocycles. The van der Waals surface area contributed by atoms with Crippen LogP contribution >= 0.6 is 0 Å². The van der Waals surface area contributed by atoms with Crippen molar-refractivity contribution in [3.8, 4) is 0 Å². The molecule has 9 heteroatoms. The van der Waals surface area contributed by atoms with E-state index in [0.717, 1.165) is 10.3 Å². The van der Waals surface area contributed by atoms with Gasteiger partial charge in [0, 0.05) is 39.9 Å². The first-order chi connectivity index (χ1) is 12.9. The number of benzene rings is 1. The number of aryl methyl sites for hydroxylation is 2. The molecule has 2 heterocycles. The van der Waals surface area contributed by atoms with E-state index >= 15 is 0 Å². The lowest BCUT2D eigenvalue weighted by Gasteiger charge is -2.19. The number of rotatable bonds is 6. The minimum atomic E-state index is -0.567. The van der Waals surface area contributed by atoms with Crippen molar-refractivity contribution in [2.75, 3.05) is 25.0 Å². The highest BCUT2D eigenvalue weighted by Gasteiger charge is 2.16. The van der Waals surface area contributed by atoms with Crippen LogP contribution < -0.4 is 21.5 Å². The largest absolute Gasteiger partial charge is 0.373 e. The van der Waals surface area contributed by atoms with E-state index in [1.54, 1.807) is 11.6 Å². The number of likely N-dealkylation sites (N-methyl/N-ethyl adjacent to an activating group) is 1. The van der Waals surface area contributed by atoms with Gasteiger partial charge in [0.15, 0.2) is 11.2 Å². The summed E-state index contributed by atoms with van der Waals surface area (Å²) in [6, 6.07) is 9.79. The number of hydrogen-bond acceptors (Lipinski definition) is 5. The number of carbonyl (C=O) groups excluding carboxylic acids is 1. The lowest BCUT2D eigenvalue weighted by Crippen LogP contribution is -2.44. The first kappa shape index (κ1) is 18.4. The Hall–Kier alpha value is -3.36. The second kappa shape index (κ2) is 7.48. The number of imidazole rings is 1. The zero-order valence-corrected chi connectivity index (χ0v) is 15.5. The Balaban J connectivity index is 1.69. The van der Waals surface area contributed by atoms with Crippen LogP contribution in [0.2, 0.25) is 0 Å². The molecule has 0 saturated carbocycles. The molecule has 1 aromatic carbocycles. The monoisotopic (exact) mass is 370 g/mol. The van der Waals surface area contributed by atoms with E-state index in [2.05, 4.69) is 10.3 Å². The summed E-state index contributed by atoms with van der Waals surface area (Å²) in [6.07, 6.45) is 1.47. The second-order valence-electron chi connectivity index (χ2n) is 6.37. The van der Waals surface area contributed by atoms with Crippen LogP contribution in [0.3, 0.4) is 0 Å². The molecule has 27 heavy (non-hydrogen) atoms. The van der Waals surface area contributed by atoms with Gasteiger partial charge >= 0.3 is 5.69 Å². The smallest absolute Gasteiger partial charge is 0.332 e. The van der Waals surface area contributed by atoms with E-state index in [1.807, 2.05) is 42.3 Å². The summed E-state index contributed by atoms with van der Waals surface area (Å²) in [5, 5.41) is 2.75. The van der Waals surface area contributed by atoms with Crippen LogP contribution in [0, 0.1) is 0 Å². The SMILES string of the molecule is CN(CCNC(=O)Cn1c(=O)c2c(ncn2C)n(C)c1=O)c1ccccc1. The van der Waals surface area contributed by atoms with E-state index in [9.17, 15) is 14.4 Å². The third kappa shape index (κ3) is 3.62. The van der Waals surface area contributed by atoms with Crippen LogP contribution in [-0.4, -0.2) is 44.7 Å². The van der Waals surface area contributed by atoms with E-state index in [-0.39, 0.29) is 12.1 Å². The Labute approximate surface area is 155 Å². The summed E-state index contributed by atoms with van der Waals surface area (Å²) in [4.78, 5) is 43.3. The molecule has 0 bridgehead atoms. The van der Waals surface area contributed by atoms with Gasteiger partial charge in [-0.2, -0.15) is 0 Å². The van der Waals surface area contributed by atoms with Crippen molar-refractivity contribution in [1.29, 1.82) is 0 Å². The van der Waals surface area contributed by atoms with E-state index in [4.69, 9.17) is 0 Å². The van der Waals surface area contributed by atoms with Crippen LogP contribution in [0.5, 0.6) is 0 Å². The molecule has 1 amide bonds. The van der Waals surface area contributed by atoms with E-state index in [0.29, 0.717) is 18.7 Å². The molecule has 0 unspecified atom stereocenters. The first-order valence-electron chi connectivity index (χ1n) is 8.54. The fourth-order valence-corrected chi connectivity index (χ4v) is 2.91. The second-order valence-corrected chi connectivity index (χ2v) is 6.37. The maximum Gasteiger partial charge on any atom is 0.332 e. The molecule has 0 aliphatic rings. The van der Waals surface area contributed by atoms with Gasteiger partial charge in [0.2, 0.25) is 5.91 Å².